The molecule has 3 aliphatic rings. The normalized spacial score (nSPS) is 19.4. The van der Waals surface area contributed by atoms with Crippen LogP contribution in [-0.2, 0) is 20.8 Å². The number of benzene rings is 2. The number of carbonyl (C=O) groups excluding carboxylic acids is 3. The fraction of sp³-hybridized carbons (Fsp3) is 0.513. The smallest absolute Gasteiger partial charge is 0.251 e. The summed E-state index contributed by atoms with van der Waals surface area (Å²) in [5, 5.41) is 12.3. The van der Waals surface area contributed by atoms with E-state index >= 15 is 0 Å². The van der Waals surface area contributed by atoms with Gasteiger partial charge < -0.3 is 25.0 Å². The number of carbonyl (C=O) groups is 3. The largest absolute Gasteiger partial charge is 0.343 e. The molecule has 3 saturated heterocycles. The number of hydrogen-bond donors (Lipinski definition) is 3. The molecular formula is C39H49N7O4. The summed E-state index contributed by atoms with van der Waals surface area (Å²) in [7, 11) is 1.81. The first-order chi connectivity index (χ1) is 24.1. The molecule has 3 amide bonds. The van der Waals surface area contributed by atoms with Gasteiger partial charge in [-0.1, -0.05) is 24.3 Å². The van der Waals surface area contributed by atoms with E-state index < -0.39 is 5.92 Å². The number of para-hydroxylation sites is 1. The number of likely N-dealkylation sites (tertiary alicyclic amines) is 3. The molecule has 1 spiro atoms. The van der Waals surface area contributed by atoms with Gasteiger partial charge in [-0.2, -0.15) is 5.10 Å². The molecule has 7 rings (SSSR count). The molecule has 2 aromatic carbocycles. The maximum absolute atomic E-state index is 14.4. The topological polar surface area (TPSA) is 134 Å². The minimum absolute atomic E-state index is 0.00489. The van der Waals surface area contributed by atoms with Crippen LogP contribution in [0.5, 0.6) is 0 Å². The fourth-order valence-electron chi connectivity index (χ4n) is 8.60. The van der Waals surface area contributed by atoms with Crippen LogP contribution in [0.3, 0.4) is 0 Å². The van der Waals surface area contributed by atoms with Crippen LogP contribution in [0.4, 0.5) is 0 Å². The molecule has 2 atom stereocenters. The molecule has 0 radical (unpaired) electrons. The third-order valence-electron chi connectivity index (χ3n) is 11.8. The Labute approximate surface area is 292 Å². The highest BCUT2D eigenvalue weighted by atomic mass is 16.2. The van der Waals surface area contributed by atoms with E-state index in [0.29, 0.717) is 58.5 Å². The Morgan fingerprint density at radius 1 is 0.940 bits per heavy atom. The van der Waals surface area contributed by atoms with E-state index in [1.54, 1.807) is 13.2 Å². The van der Waals surface area contributed by atoms with Crippen molar-refractivity contribution in [2.75, 3.05) is 46.3 Å². The Bertz CT molecular complexity index is 1950. The highest BCUT2D eigenvalue weighted by Crippen LogP contribution is 2.41. The number of rotatable bonds is 8. The van der Waals surface area contributed by atoms with E-state index in [9.17, 15) is 19.2 Å². The summed E-state index contributed by atoms with van der Waals surface area (Å²) >= 11 is 0. The maximum Gasteiger partial charge on any atom is 0.251 e. The first-order valence-electron chi connectivity index (χ1n) is 18.2. The van der Waals surface area contributed by atoms with Crippen molar-refractivity contribution in [1.82, 2.24) is 35.2 Å². The van der Waals surface area contributed by atoms with Crippen LogP contribution in [0.1, 0.15) is 68.1 Å². The fourth-order valence-corrected chi connectivity index (χ4v) is 8.60. The number of likely N-dealkylation sites (N-methyl/N-ethyl adjacent to an activating group) is 1. The molecule has 4 aromatic rings. The zero-order valence-corrected chi connectivity index (χ0v) is 29.5. The van der Waals surface area contributed by atoms with Gasteiger partial charge in [0.15, 0.2) is 0 Å². The second-order valence-corrected chi connectivity index (χ2v) is 15.0. The van der Waals surface area contributed by atoms with Crippen LogP contribution >= 0.6 is 0 Å². The van der Waals surface area contributed by atoms with Gasteiger partial charge in [-0.3, -0.25) is 24.3 Å². The Balaban J connectivity index is 1.04. The highest BCUT2D eigenvalue weighted by molar-refractivity contribution is 5.87. The van der Waals surface area contributed by atoms with E-state index in [1.165, 1.54) is 0 Å². The minimum Gasteiger partial charge on any atom is -0.343 e. The molecule has 11 heteroatoms. The maximum atomic E-state index is 14.4. The molecule has 11 nitrogen and oxygen atoms in total. The Morgan fingerprint density at radius 3 is 2.40 bits per heavy atom. The van der Waals surface area contributed by atoms with Crippen molar-refractivity contribution in [3.05, 3.63) is 75.7 Å². The summed E-state index contributed by atoms with van der Waals surface area (Å²) in [6, 6.07) is 13.8. The number of amides is 3. The van der Waals surface area contributed by atoms with E-state index in [0.717, 1.165) is 57.8 Å². The van der Waals surface area contributed by atoms with Gasteiger partial charge in [0.2, 0.25) is 17.7 Å². The first-order valence-corrected chi connectivity index (χ1v) is 18.2. The third kappa shape index (κ3) is 6.80. The van der Waals surface area contributed by atoms with E-state index in [-0.39, 0.29) is 47.1 Å². The van der Waals surface area contributed by atoms with Crippen molar-refractivity contribution in [3.8, 4) is 0 Å². The number of piperidine rings is 2. The standard InChI is InChI=1S/C39H49N7O4/c1-25-18-27(20-31-23-41-43-35(25)31)19-30(38(50)46-17-12-39(24-46)10-15-45(16-11-39)37(49)26(2)40-3)22-34(47)44-13-8-28(9-14-44)32-21-29-6-4-5-7-33(29)42-36(32)48/h4-7,18,20-21,23,26,28,30,40H,8-17,19,22,24H2,1-3H3,(H,41,43)(H,42,48)/t26-,30+/m1/s1. The number of fused-ring (bicyclic) bond motifs is 2. The second kappa shape index (κ2) is 14.0. The van der Waals surface area contributed by atoms with Gasteiger partial charge >= 0.3 is 0 Å². The molecule has 0 saturated carbocycles. The quantitative estimate of drug-likeness (QED) is 0.257. The number of pyridine rings is 1. The van der Waals surface area contributed by atoms with Crippen LogP contribution in [0.2, 0.25) is 0 Å². The Kier molecular flexibility index (Phi) is 9.52. The predicted molar refractivity (Wildman–Crippen MR) is 194 cm³/mol. The molecule has 50 heavy (non-hydrogen) atoms. The van der Waals surface area contributed by atoms with Gasteiger partial charge in [-0.15, -0.1) is 0 Å². The summed E-state index contributed by atoms with van der Waals surface area (Å²) in [4.78, 5) is 62.9. The lowest BCUT2D eigenvalue weighted by molar-refractivity contribution is -0.141. The van der Waals surface area contributed by atoms with Crippen LogP contribution in [0.25, 0.3) is 21.8 Å². The number of aromatic amines is 2. The number of nitrogens with one attached hydrogen (secondary N) is 3. The van der Waals surface area contributed by atoms with Crippen molar-refractivity contribution < 1.29 is 14.4 Å². The zero-order valence-electron chi connectivity index (χ0n) is 29.5. The average Bonchev–Trinajstić information content (AvgIpc) is 3.78. The lowest BCUT2D eigenvalue weighted by Gasteiger charge is -2.40. The number of aromatic nitrogens is 3. The van der Waals surface area contributed by atoms with E-state index in [2.05, 4.69) is 32.6 Å². The van der Waals surface area contributed by atoms with Gasteiger partial charge in [0.1, 0.15) is 0 Å². The molecule has 2 aromatic heterocycles. The lowest BCUT2D eigenvalue weighted by Crippen LogP contribution is -2.50. The number of H-pyrrole nitrogens is 2. The van der Waals surface area contributed by atoms with Crippen molar-refractivity contribution >= 4 is 39.5 Å². The average molecular weight is 680 g/mol. The second-order valence-electron chi connectivity index (χ2n) is 15.0. The van der Waals surface area contributed by atoms with Crippen molar-refractivity contribution in [2.45, 2.75) is 70.8 Å². The number of nitrogens with zero attached hydrogens (tertiary/aromatic N) is 4. The highest BCUT2D eigenvalue weighted by Gasteiger charge is 2.44. The monoisotopic (exact) mass is 679 g/mol. The van der Waals surface area contributed by atoms with Crippen LogP contribution in [0.15, 0.2) is 53.5 Å². The molecule has 3 fully saturated rings. The predicted octanol–water partition coefficient (Wildman–Crippen LogP) is 4.12. The molecule has 0 bridgehead atoms. The molecule has 264 valence electrons. The lowest BCUT2D eigenvalue weighted by atomic mass is 9.77. The number of aryl methyl sites for hydroxylation is 1. The van der Waals surface area contributed by atoms with Crippen LogP contribution in [-0.4, -0.2) is 100.0 Å². The third-order valence-corrected chi connectivity index (χ3v) is 11.8. The summed E-state index contributed by atoms with van der Waals surface area (Å²) in [6.45, 7) is 7.82. The van der Waals surface area contributed by atoms with Crippen molar-refractivity contribution in [2.24, 2.45) is 11.3 Å². The summed E-state index contributed by atoms with van der Waals surface area (Å²) in [6.07, 6.45) is 6.54. The van der Waals surface area contributed by atoms with E-state index in [4.69, 9.17) is 0 Å². The number of hydrogen-bond acceptors (Lipinski definition) is 6. The van der Waals surface area contributed by atoms with Gasteiger partial charge in [0.05, 0.1) is 23.7 Å². The SMILES string of the molecule is CN[C@H](C)C(=O)N1CCC2(CCN(C(=O)[C@H](CC(=O)N3CCC(c4cc5ccccc5[nH]c4=O)CC3)Cc3cc(C)c4[nH]ncc4c3)C2)CC1. The molecule has 3 aliphatic heterocycles. The van der Waals surface area contributed by atoms with Gasteiger partial charge in [0, 0.05) is 62.2 Å². The van der Waals surface area contributed by atoms with Crippen molar-refractivity contribution in [1.29, 1.82) is 0 Å². The Hall–Kier alpha value is -4.51. The molecular weight excluding hydrogens is 630 g/mol. The first kappa shape index (κ1) is 34.0. The summed E-state index contributed by atoms with van der Waals surface area (Å²) in [5.41, 5.74) is 4.63. The minimum atomic E-state index is -0.486. The molecule has 5 heterocycles. The molecule has 0 unspecified atom stereocenters. The van der Waals surface area contributed by atoms with Crippen molar-refractivity contribution in [3.63, 3.8) is 0 Å². The summed E-state index contributed by atoms with van der Waals surface area (Å²) in [5.74, 6) is -0.237. The van der Waals surface area contributed by atoms with Crippen LogP contribution < -0.4 is 10.9 Å². The van der Waals surface area contributed by atoms with Gasteiger partial charge in [-0.25, -0.2) is 0 Å². The van der Waals surface area contributed by atoms with Gasteiger partial charge in [0.25, 0.3) is 5.56 Å². The Morgan fingerprint density at radius 2 is 1.66 bits per heavy atom. The zero-order chi connectivity index (χ0) is 35.0. The van der Waals surface area contributed by atoms with E-state index in [1.807, 2.05) is 58.9 Å². The molecule has 3 N–H and O–H groups in total. The summed E-state index contributed by atoms with van der Waals surface area (Å²) < 4.78 is 0. The van der Waals surface area contributed by atoms with Crippen LogP contribution in [0, 0.1) is 18.3 Å². The van der Waals surface area contributed by atoms with Gasteiger partial charge in [-0.05, 0) is 105 Å². The molecule has 0 aliphatic carbocycles.